The first kappa shape index (κ1) is 13.3. The van der Waals surface area contributed by atoms with Crippen molar-refractivity contribution < 1.29 is 4.74 Å². The molecule has 1 fully saturated rings. The topological polar surface area (TPSA) is 37.4 Å². The van der Waals surface area contributed by atoms with Gasteiger partial charge in [-0.05, 0) is 39.5 Å². The van der Waals surface area contributed by atoms with E-state index in [1.54, 1.807) is 6.20 Å². The predicted molar refractivity (Wildman–Crippen MR) is 72.8 cm³/mol. The zero-order valence-electron chi connectivity index (χ0n) is 11.4. The number of hydrogen-bond acceptors (Lipinski definition) is 4. The van der Waals surface area contributed by atoms with Crippen LogP contribution >= 0.6 is 0 Å². The average molecular weight is 249 g/mol. The highest BCUT2D eigenvalue weighted by Gasteiger charge is 2.19. The van der Waals surface area contributed by atoms with Gasteiger partial charge in [0.25, 0.3) is 0 Å². The van der Waals surface area contributed by atoms with Gasteiger partial charge in [0, 0.05) is 30.5 Å². The molecule has 4 heteroatoms. The fraction of sp³-hybridized carbons (Fsp3) is 0.643. The van der Waals surface area contributed by atoms with Crippen LogP contribution in [0, 0.1) is 0 Å². The minimum absolute atomic E-state index is 0.550. The summed E-state index contributed by atoms with van der Waals surface area (Å²) in [4.78, 5) is 6.55. The standard InChI is InChI=1S/C14H23N3O/c1-15-9-12-10-16-7-6-14(12)18-11-13-5-3-4-8-17(13)2/h6-7,10,13,15H,3-5,8-9,11H2,1-2H3. The van der Waals surface area contributed by atoms with E-state index < -0.39 is 0 Å². The largest absolute Gasteiger partial charge is 0.492 e. The lowest BCUT2D eigenvalue weighted by Gasteiger charge is -2.32. The van der Waals surface area contributed by atoms with E-state index >= 15 is 0 Å². The summed E-state index contributed by atoms with van der Waals surface area (Å²) >= 11 is 0. The quantitative estimate of drug-likeness (QED) is 0.861. The second-order valence-corrected chi connectivity index (χ2v) is 4.95. The molecule has 18 heavy (non-hydrogen) atoms. The summed E-state index contributed by atoms with van der Waals surface area (Å²) in [5.41, 5.74) is 1.12. The lowest BCUT2D eigenvalue weighted by molar-refractivity contribution is 0.124. The number of nitrogens with zero attached hydrogens (tertiary/aromatic N) is 2. The maximum Gasteiger partial charge on any atom is 0.126 e. The fourth-order valence-corrected chi connectivity index (χ4v) is 2.42. The molecule has 1 N–H and O–H groups in total. The Morgan fingerprint density at radius 2 is 2.39 bits per heavy atom. The number of aromatic nitrogens is 1. The van der Waals surface area contributed by atoms with Crippen molar-refractivity contribution in [2.24, 2.45) is 0 Å². The lowest BCUT2D eigenvalue weighted by Crippen LogP contribution is -2.40. The van der Waals surface area contributed by atoms with Crippen molar-refractivity contribution in [1.29, 1.82) is 0 Å². The Bertz CT molecular complexity index is 370. The monoisotopic (exact) mass is 249 g/mol. The molecule has 1 unspecified atom stereocenters. The van der Waals surface area contributed by atoms with E-state index in [9.17, 15) is 0 Å². The van der Waals surface area contributed by atoms with E-state index in [2.05, 4.69) is 22.2 Å². The highest BCUT2D eigenvalue weighted by atomic mass is 16.5. The zero-order chi connectivity index (χ0) is 12.8. The number of nitrogens with one attached hydrogen (secondary N) is 1. The number of ether oxygens (including phenoxy) is 1. The Labute approximate surface area is 109 Å². The number of piperidine rings is 1. The Kier molecular flexibility index (Phi) is 4.96. The van der Waals surface area contributed by atoms with Gasteiger partial charge in [0.2, 0.25) is 0 Å². The smallest absolute Gasteiger partial charge is 0.126 e. The third-order valence-corrected chi connectivity index (χ3v) is 3.58. The summed E-state index contributed by atoms with van der Waals surface area (Å²) < 4.78 is 5.98. The molecule has 1 aliphatic rings. The highest BCUT2D eigenvalue weighted by molar-refractivity contribution is 5.29. The molecule has 0 bridgehead atoms. The summed E-state index contributed by atoms with van der Waals surface area (Å²) in [7, 11) is 4.12. The van der Waals surface area contributed by atoms with Crippen LogP contribution in [0.5, 0.6) is 5.75 Å². The van der Waals surface area contributed by atoms with Crippen molar-refractivity contribution >= 4 is 0 Å². The van der Waals surface area contributed by atoms with Gasteiger partial charge in [-0.1, -0.05) is 6.42 Å². The molecular formula is C14H23N3O. The van der Waals surface area contributed by atoms with E-state index in [1.165, 1.54) is 25.8 Å². The van der Waals surface area contributed by atoms with Gasteiger partial charge in [0.05, 0.1) is 0 Å². The minimum atomic E-state index is 0.550. The molecule has 0 aromatic carbocycles. The molecule has 1 aromatic rings. The van der Waals surface area contributed by atoms with Gasteiger partial charge in [-0.3, -0.25) is 4.98 Å². The Morgan fingerprint density at radius 3 is 3.17 bits per heavy atom. The first-order valence-electron chi connectivity index (χ1n) is 6.72. The van der Waals surface area contributed by atoms with Gasteiger partial charge >= 0.3 is 0 Å². The van der Waals surface area contributed by atoms with Crippen LogP contribution in [-0.2, 0) is 6.54 Å². The van der Waals surface area contributed by atoms with E-state index in [0.29, 0.717) is 6.04 Å². The first-order chi connectivity index (χ1) is 8.81. The number of likely N-dealkylation sites (tertiary alicyclic amines) is 1. The number of pyridine rings is 1. The maximum absolute atomic E-state index is 5.98. The van der Waals surface area contributed by atoms with Crippen molar-refractivity contribution in [3.63, 3.8) is 0 Å². The Hall–Kier alpha value is -1.13. The van der Waals surface area contributed by atoms with Crippen LogP contribution in [0.3, 0.4) is 0 Å². The Morgan fingerprint density at radius 1 is 1.50 bits per heavy atom. The molecule has 1 saturated heterocycles. The normalized spacial score (nSPS) is 20.9. The zero-order valence-corrected chi connectivity index (χ0v) is 11.4. The van der Waals surface area contributed by atoms with Crippen molar-refractivity contribution in [2.75, 3.05) is 27.2 Å². The molecule has 0 radical (unpaired) electrons. The summed E-state index contributed by atoms with van der Waals surface area (Å²) in [6.45, 7) is 2.76. The maximum atomic E-state index is 5.98. The van der Waals surface area contributed by atoms with Gasteiger partial charge in [0.15, 0.2) is 0 Å². The van der Waals surface area contributed by atoms with Crippen molar-refractivity contribution in [3.05, 3.63) is 24.0 Å². The molecule has 0 saturated carbocycles. The molecule has 100 valence electrons. The average Bonchev–Trinajstić information content (AvgIpc) is 2.40. The summed E-state index contributed by atoms with van der Waals surface area (Å²) in [6.07, 6.45) is 7.53. The van der Waals surface area contributed by atoms with Crippen molar-refractivity contribution in [3.8, 4) is 5.75 Å². The Balaban J connectivity index is 1.92. The van der Waals surface area contributed by atoms with Crippen LogP contribution in [0.25, 0.3) is 0 Å². The van der Waals surface area contributed by atoms with E-state index in [-0.39, 0.29) is 0 Å². The lowest BCUT2D eigenvalue weighted by atomic mass is 10.0. The van der Waals surface area contributed by atoms with Crippen LogP contribution in [0.15, 0.2) is 18.5 Å². The number of likely N-dealkylation sites (N-methyl/N-ethyl adjacent to an activating group) is 1. The van der Waals surface area contributed by atoms with Gasteiger partial charge in [-0.2, -0.15) is 0 Å². The molecule has 4 nitrogen and oxygen atoms in total. The predicted octanol–water partition coefficient (Wildman–Crippen LogP) is 1.66. The van der Waals surface area contributed by atoms with E-state index in [0.717, 1.165) is 24.5 Å². The van der Waals surface area contributed by atoms with Crippen molar-refractivity contribution in [1.82, 2.24) is 15.2 Å². The summed E-state index contributed by atoms with van der Waals surface area (Å²) in [5, 5.41) is 3.14. The van der Waals surface area contributed by atoms with Crippen molar-refractivity contribution in [2.45, 2.75) is 31.8 Å². The molecule has 0 amide bonds. The van der Waals surface area contributed by atoms with Gasteiger partial charge in [0.1, 0.15) is 12.4 Å². The molecule has 0 aliphatic carbocycles. The van der Waals surface area contributed by atoms with Gasteiger partial charge in [-0.25, -0.2) is 0 Å². The summed E-state index contributed by atoms with van der Waals surface area (Å²) in [5.74, 6) is 0.957. The van der Waals surface area contributed by atoms with E-state index in [4.69, 9.17) is 4.74 Å². The van der Waals surface area contributed by atoms with Crippen LogP contribution in [0.1, 0.15) is 24.8 Å². The SMILES string of the molecule is CNCc1cnccc1OCC1CCCCN1C. The summed E-state index contributed by atoms with van der Waals surface area (Å²) in [6, 6.07) is 2.50. The second kappa shape index (κ2) is 6.71. The molecular weight excluding hydrogens is 226 g/mol. The fourth-order valence-electron chi connectivity index (χ4n) is 2.42. The molecule has 1 aliphatic heterocycles. The van der Waals surface area contributed by atoms with E-state index in [1.807, 2.05) is 19.3 Å². The first-order valence-corrected chi connectivity index (χ1v) is 6.72. The third kappa shape index (κ3) is 3.43. The highest BCUT2D eigenvalue weighted by Crippen LogP contribution is 2.20. The number of hydrogen-bond donors (Lipinski definition) is 1. The van der Waals surface area contributed by atoms with Gasteiger partial charge in [-0.15, -0.1) is 0 Å². The van der Waals surface area contributed by atoms with Crippen LogP contribution in [0.4, 0.5) is 0 Å². The molecule has 1 atom stereocenters. The molecule has 2 heterocycles. The van der Waals surface area contributed by atoms with Crippen LogP contribution < -0.4 is 10.1 Å². The second-order valence-electron chi connectivity index (χ2n) is 4.95. The molecule has 2 rings (SSSR count). The van der Waals surface area contributed by atoms with Gasteiger partial charge < -0.3 is 15.0 Å². The minimum Gasteiger partial charge on any atom is -0.492 e. The third-order valence-electron chi connectivity index (χ3n) is 3.58. The van der Waals surface area contributed by atoms with Crippen LogP contribution in [0.2, 0.25) is 0 Å². The molecule has 0 spiro atoms. The number of rotatable bonds is 5. The van der Waals surface area contributed by atoms with Crippen LogP contribution in [-0.4, -0.2) is 43.2 Å². The molecule has 1 aromatic heterocycles.